The molecule has 0 aliphatic heterocycles. The number of nitrogens with one attached hydrogen (secondary N) is 2. The van der Waals surface area contributed by atoms with E-state index in [-0.39, 0.29) is 23.1 Å². The van der Waals surface area contributed by atoms with Crippen LogP contribution in [0.1, 0.15) is 42.6 Å². The van der Waals surface area contributed by atoms with Crippen LogP contribution in [0, 0.1) is 6.92 Å². The third-order valence-corrected chi connectivity index (χ3v) is 7.32. The van der Waals surface area contributed by atoms with Crippen LogP contribution in [0.25, 0.3) is 0 Å². The van der Waals surface area contributed by atoms with E-state index < -0.39 is 10.0 Å². The van der Waals surface area contributed by atoms with Crippen molar-refractivity contribution in [2.24, 2.45) is 0 Å². The molecule has 2 amide bonds. The zero-order valence-electron chi connectivity index (χ0n) is 16.9. The molecule has 9 heteroatoms. The normalized spacial score (nSPS) is 11.4. The summed E-state index contributed by atoms with van der Waals surface area (Å²) in [6.07, 6.45) is 0.702. The molecule has 0 aliphatic rings. The monoisotopic (exact) mass is 437 g/mol. The first kappa shape index (κ1) is 23.1. The van der Waals surface area contributed by atoms with Crippen molar-refractivity contribution in [3.63, 3.8) is 0 Å². The molecule has 0 fully saturated rings. The zero-order chi connectivity index (χ0) is 21.4. The van der Waals surface area contributed by atoms with Gasteiger partial charge in [0, 0.05) is 42.7 Å². The smallest absolute Gasteiger partial charge is 0.252 e. The number of benzene rings is 1. The summed E-state index contributed by atoms with van der Waals surface area (Å²) in [7, 11) is -3.61. The summed E-state index contributed by atoms with van der Waals surface area (Å²) in [5, 5.41) is 9.11. The van der Waals surface area contributed by atoms with Gasteiger partial charge in [-0.1, -0.05) is 19.9 Å². The fraction of sp³-hybridized carbons (Fsp3) is 0.400. The molecular weight excluding hydrogens is 410 g/mol. The second-order valence-corrected chi connectivity index (χ2v) is 9.18. The van der Waals surface area contributed by atoms with Crippen molar-refractivity contribution in [2.45, 2.75) is 38.5 Å². The summed E-state index contributed by atoms with van der Waals surface area (Å²) in [5.74, 6) is -0.388. The van der Waals surface area contributed by atoms with Crippen molar-refractivity contribution in [2.75, 3.05) is 25.0 Å². The fourth-order valence-electron chi connectivity index (χ4n) is 2.83. The van der Waals surface area contributed by atoms with Crippen molar-refractivity contribution in [1.82, 2.24) is 9.62 Å². The number of amides is 2. The Morgan fingerprint density at radius 3 is 2.48 bits per heavy atom. The van der Waals surface area contributed by atoms with Crippen LogP contribution in [0.4, 0.5) is 5.69 Å². The van der Waals surface area contributed by atoms with E-state index in [1.807, 2.05) is 5.38 Å². The number of anilines is 1. The van der Waals surface area contributed by atoms with Gasteiger partial charge < -0.3 is 10.6 Å². The molecule has 0 aliphatic carbocycles. The molecule has 158 valence electrons. The van der Waals surface area contributed by atoms with Crippen molar-refractivity contribution in [3.05, 3.63) is 46.2 Å². The highest BCUT2D eigenvalue weighted by atomic mass is 32.2. The Morgan fingerprint density at radius 2 is 1.86 bits per heavy atom. The van der Waals surface area contributed by atoms with Crippen LogP contribution in [0.2, 0.25) is 0 Å². The number of hydrogen-bond acceptors (Lipinski definition) is 5. The summed E-state index contributed by atoms with van der Waals surface area (Å²) < 4.78 is 27.0. The van der Waals surface area contributed by atoms with Gasteiger partial charge in [0.1, 0.15) is 0 Å². The summed E-state index contributed by atoms with van der Waals surface area (Å²) in [5.41, 5.74) is 1.68. The molecule has 0 saturated heterocycles. The number of hydrogen-bond donors (Lipinski definition) is 2. The average Bonchev–Trinajstić information content (AvgIpc) is 3.22. The second-order valence-electron chi connectivity index (χ2n) is 6.49. The molecule has 1 aromatic carbocycles. The van der Waals surface area contributed by atoms with Crippen LogP contribution >= 0.6 is 11.3 Å². The number of rotatable bonds is 10. The Morgan fingerprint density at radius 1 is 1.14 bits per heavy atom. The van der Waals surface area contributed by atoms with Gasteiger partial charge in [-0.2, -0.15) is 15.6 Å². The second kappa shape index (κ2) is 10.5. The van der Waals surface area contributed by atoms with Crippen molar-refractivity contribution < 1.29 is 18.0 Å². The molecule has 1 heterocycles. The fourth-order valence-corrected chi connectivity index (χ4v) is 5.17. The minimum absolute atomic E-state index is 0.156. The Hall–Kier alpha value is -2.23. The molecule has 0 radical (unpaired) electrons. The number of carbonyl (C=O) groups is 2. The zero-order valence-corrected chi connectivity index (χ0v) is 18.5. The number of aryl methyl sites for hydroxylation is 1. The summed E-state index contributed by atoms with van der Waals surface area (Å²) in [4.78, 5) is 24.2. The molecule has 2 N–H and O–H groups in total. The Kier molecular flexibility index (Phi) is 8.36. The average molecular weight is 438 g/mol. The van der Waals surface area contributed by atoms with Crippen LogP contribution in [0.5, 0.6) is 0 Å². The van der Waals surface area contributed by atoms with Crippen LogP contribution < -0.4 is 10.6 Å². The highest BCUT2D eigenvalue weighted by molar-refractivity contribution is 7.89. The third-order valence-electron chi connectivity index (χ3n) is 4.44. The molecule has 7 nitrogen and oxygen atoms in total. The van der Waals surface area contributed by atoms with Crippen LogP contribution in [0.3, 0.4) is 0 Å². The molecule has 2 aromatic rings. The van der Waals surface area contributed by atoms with Gasteiger partial charge in [-0.15, -0.1) is 0 Å². The number of thiophene rings is 1. The molecule has 0 saturated carbocycles. The van der Waals surface area contributed by atoms with E-state index in [1.54, 1.807) is 44.4 Å². The van der Waals surface area contributed by atoms with E-state index in [0.717, 1.165) is 0 Å². The largest absolute Gasteiger partial charge is 0.352 e. The van der Waals surface area contributed by atoms with E-state index in [2.05, 4.69) is 10.6 Å². The summed E-state index contributed by atoms with van der Waals surface area (Å²) >= 11 is 1.45. The number of sulfonamides is 1. The molecule has 0 bridgehead atoms. The predicted octanol–water partition coefficient (Wildman–Crippen LogP) is 3.24. The molecular formula is C20H27N3O4S2. The highest BCUT2D eigenvalue weighted by Gasteiger charge is 2.24. The van der Waals surface area contributed by atoms with Gasteiger partial charge >= 0.3 is 0 Å². The van der Waals surface area contributed by atoms with Crippen LogP contribution in [-0.2, 0) is 14.8 Å². The highest BCUT2D eigenvalue weighted by Crippen LogP contribution is 2.23. The van der Waals surface area contributed by atoms with E-state index in [4.69, 9.17) is 0 Å². The first-order chi connectivity index (χ1) is 13.8. The molecule has 1 aromatic heterocycles. The number of nitrogens with zero attached hydrogens (tertiary/aromatic N) is 1. The van der Waals surface area contributed by atoms with E-state index >= 15 is 0 Å². The van der Waals surface area contributed by atoms with Gasteiger partial charge in [-0.3, -0.25) is 9.59 Å². The lowest BCUT2D eigenvalue weighted by Crippen LogP contribution is -2.31. The summed E-state index contributed by atoms with van der Waals surface area (Å²) in [6, 6.07) is 6.62. The minimum Gasteiger partial charge on any atom is -0.352 e. The Labute approximate surface area is 176 Å². The minimum atomic E-state index is -3.61. The molecule has 29 heavy (non-hydrogen) atoms. The van der Waals surface area contributed by atoms with E-state index in [9.17, 15) is 18.0 Å². The lowest BCUT2D eigenvalue weighted by atomic mass is 10.2. The lowest BCUT2D eigenvalue weighted by molar-refractivity contribution is -0.116. The van der Waals surface area contributed by atoms with Crippen molar-refractivity contribution in [1.29, 1.82) is 0 Å². The Balaban J connectivity index is 1.93. The maximum atomic E-state index is 12.8. The van der Waals surface area contributed by atoms with Crippen molar-refractivity contribution >= 4 is 38.9 Å². The van der Waals surface area contributed by atoms with E-state index in [0.29, 0.717) is 42.9 Å². The maximum absolute atomic E-state index is 12.8. The molecule has 2 rings (SSSR count). The first-order valence-corrected chi connectivity index (χ1v) is 11.9. The van der Waals surface area contributed by atoms with Crippen LogP contribution in [-0.4, -0.2) is 44.2 Å². The first-order valence-electron chi connectivity index (χ1n) is 9.50. The van der Waals surface area contributed by atoms with Crippen molar-refractivity contribution in [3.8, 4) is 0 Å². The topological polar surface area (TPSA) is 95.6 Å². The van der Waals surface area contributed by atoms with Gasteiger partial charge in [-0.05, 0) is 42.5 Å². The van der Waals surface area contributed by atoms with Gasteiger partial charge in [0.25, 0.3) is 5.91 Å². The van der Waals surface area contributed by atoms with Gasteiger partial charge in [-0.25, -0.2) is 8.42 Å². The van der Waals surface area contributed by atoms with Gasteiger partial charge in [0.05, 0.1) is 4.90 Å². The lowest BCUT2D eigenvalue weighted by Gasteiger charge is -2.20. The maximum Gasteiger partial charge on any atom is 0.252 e. The molecule has 0 unspecified atom stereocenters. The quantitative estimate of drug-likeness (QED) is 0.558. The number of carbonyl (C=O) groups excluding carboxylic acids is 2. The summed E-state index contributed by atoms with van der Waals surface area (Å²) in [6.45, 7) is 6.46. The third kappa shape index (κ3) is 6.12. The SMILES string of the molecule is CCN(CC)S(=O)(=O)c1cc(NC(=O)CCCNC(=O)c2ccsc2)ccc1C. The Bertz CT molecular complexity index is 937. The van der Waals surface area contributed by atoms with E-state index in [1.165, 1.54) is 21.7 Å². The van der Waals surface area contributed by atoms with Crippen LogP contribution in [0.15, 0.2) is 39.9 Å². The van der Waals surface area contributed by atoms with Gasteiger partial charge in [0.15, 0.2) is 0 Å². The predicted molar refractivity (Wildman–Crippen MR) is 116 cm³/mol. The molecule has 0 atom stereocenters. The standard InChI is InChI=1S/C20H27N3O4S2/c1-4-23(5-2)29(26,27)18-13-17(9-8-15(18)3)22-19(24)7-6-11-21-20(25)16-10-12-28-14-16/h8-10,12-14H,4-7,11H2,1-3H3,(H,21,25)(H,22,24). The van der Waals surface area contributed by atoms with Gasteiger partial charge in [0.2, 0.25) is 15.9 Å². The molecule has 0 spiro atoms.